The Morgan fingerprint density at radius 1 is 1.27 bits per heavy atom. The third-order valence-corrected chi connectivity index (χ3v) is 4.90. The van der Waals surface area contributed by atoms with Gasteiger partial charge in [0.1, 0.15) is 12.4 Å². The van der Waals surface area contributed by atoms with Crippen LogP contribution in [-0.2, 0) is 9.53 Å². The standard InChI is InChI=1S/C21H30N2O3/c24-21(22-12-11-17-6-2-1-3-7-17)15-23-18-8-4-9-19(14-18)26-16-20-10-5-13-25-20/h4,6,8-9,14,20,23H,1-3,5,7,10-13,15-16H2,(H,22,24). The molecule has 0 aromatic heterocycles. The molecule has 0 bridgehead atoms. The van der Waals surface area contributed by atoms with E-state index in [1.165, 1.54) is 31.3 Å². The SMILES string of the molecule is O=C(CNc1cccc(OCC2CCCO2)c1)NCCC1=CCCCC1. The maximum absolute atomic E-state index is 12.0. The number of carbonyl (C=O) groups is 1. The molecule has 1 aromatic carbocycles. The zero-order valence-corrected chi connectivity index (χ0v) is 15.5. The summed E-state index contributed by atoms with van der Waals surface area (Å²) in [6.07, 6.45) is 10.6. The fourth-order valence-corrected chi connectivity index (χ4v) is 3.40. The maximum Gasteiger partial charge on any atom is 0.239 e. The highest BCUT2D eigenvalue weighted by atomic mass is 16.5. The Bertz CT molecular complexity index is 609. The van der Waals surface area contributed by atoms with Gasteiger partial charge in [0.05, 0.1) is 12.6 Å². The number of allylic oxidation sites excluding steroid dienone is 1. The first-order valence-electron chi connectivity index (χ1n) is 9.82. The molecule has 3 rings (SSSR count). The minimum absolute atomic E-state index is 0.0205. The molecule has 5 nitrogen and oxygen atoms in total. The molecule has 1 aliphatic carbocycles. The Morgan fingerprint density at radius 3 is 3.04 bits per heavy atom. The summed E-state index contributed by atoms with van der Waals surface area (Å²) >= 11 is 0. The average molecular weight is 358 g/mol. The van der Waals surface area contributed by atoms with E-state index in [1.807, 2.05) is 24.3 Å². The van der Waals surface area contributed by atoms with Crippen LogP contribution in [-0.4, -0.2) is 38.3 Å². The van der Waals surface area contributed by atoms with Crippen LogP contribution in [0.4, 0.5) is 5.69 Å². The second kappa shape index (κ2) is 10.2. The van der Waals surface area contributed by atoms with Crippen LogP contribution in [0.15, 0.2) is 35.9 Å². The van der Waals surface area contributed by atoms with Crippen molar-refractivity contribution in [3.8, 4) is 5.75 Å². The van der Waals surface area contributed by atoms with E-state index < -0.39 is 0 Å². The number of nitrogens with one attached hydrogen (secondary N) is 2. The first-order valence-corrected chi connectivity index (χ1v) is 9.82. The fourth-order valence-electron chi connectivity index (χ4n) is 3.40. The van der Waals surface area contributed by atoms with E-state index >= 15 is 0 Å². The zero-order chi connectivity index (χ0) is 18.0. The first kappa shape index (κ1) is 18.8. The number of hydrogen-bond donors (Lipinski definition) is 2. The molecule has 2 aliphatic rings. The first-order chi connectivity index (χ1) is 12.8. The van der Waals surface area contributed by atoms with Crippen molar-refractivity contribution in [1.29, 1.82) is 0 Å². The molecular weight excluding hydrogens is 328 g/mol. The minimum atomic E-state index is 0.0205. The number of anilines is 1. The van der Waals surface area contributed by atoms with Crippen molar-refractivity contribution >= 4 is 11.6 Å². The third kappa shape index (κ3) is 6.37. The number of ether oxygens (including phenoxy) is 2. The zero-order valence-electron chi connectivity index (χ0n) is 15.5. The number of carbonyl (C=O) groups excluding carboxylic acids is 1. The van der Waals surface area contributed by atoms with Gasteiger partial charge >= 0.3 is 0 Å². The van der Waals surface area contributed by atoms with E-state index in [0.29, 0.717) is 6.61 Å². The molecule has 142 valence electrons. The summed E-state index contributed by atoms with van der Waals surface area (Å²) in [5.74, 6) is 0.822. The van der Waals surface area contributed by atoms with E-state index in [9.17, 15) is 4.79 Å². The number of rotatable bonds is 9. The second-order valence-electron chi connectivity index (χ2n) is 7.04. The molecule has 0 saturated carbocycles. The Morgan fingerprint density at radius 2 is 2.23 bits per heavy atom. The van der Waals surface area contributed by atoms with Crippen molar-refractivity contribution in [1.82, 2.24) is 5.32 Å². The van der Waals surface area contributed by atoms with E-state index in [4.69, 9.17) is 9.47 Å². The van der Waals surface area contributed by atoms with Crippen LogP contribution in [0, 0.1) is 0 Å². The number of benzene rings is 1. The average Bonchev–Trinajstić information content (AvgIpc) is 3.20. The molecule has 1 atom stereocenters. The smallest absolute Gasteiger partial charge is 0.239 e. The lowest BCUT2D eigenvalue weighted by molar-refractivity contribution is -0.119. The highest BCUT2D eigenvalue weighted by molar-refractivity contribution is 5.80. The van der Waals surface area contributed by atoms with Crippen molar-refractivity contribution in [2.45, 2.75) is 51.0 Å². The van der Waals surface area contributed by atoms with Crippen LogP contribution in [0.5, 0.6) is 5.75 Å². The van der Waals surface area contributed by atoms with Gasteiger partial charge in [0.25, 0.3) is 0 Å². The topological polar surface area (TPSA) is 59.6 Å². The quantitative estimate of drug-likeness (QED) is 0.662. The Hall–Kier alpha value is -2.01. The van der Waals surface area contributed by atoms with E-state index in [2.05, 4.69) is 16.7 Å². The molecule has 1 fully saturated rings. The summed E-state index contributed by atoms with van der Waals surface area (Å²) in [6.45, 7) is 2.41. The molecule has 5 heteroatoms. The Balaban J connectivity index is 1.34. The molecule has 1 heterocycles. The molecule has 1 aliphatic heterocycles. The van der Waals surface area contributed by atoms with Gasteiger partial charge in [-0.15, -0.1) is 0 Å². The van der Waals surface area contributed by atoms with Crippen LogP contribution in [0.3, 0.4) is 0 Å². The summed E-state index contributed by atoms with van der Waals surface area (Å²) in [4.78, 5) is 12.0. The second-order valence-corrected chi connectivity index (χ2v) is 7.04. The van der Waals surface area contributed by atoms with E-state index in [-0.39, 0.29) is 18.6 Å². The molecule has 1 unspecified atom stereocenters. The normalized spacial score (nSPS) is 19.7. The highest BCUT2D eigenvalue weighted by Crippen LogP contribution is 2.20. The lowest BCUT2D eigenvalue weighted by Crippen LogP contribution is -2.30. The van der Waals surface area contributed by atoms with Gasteiger partial charge in [-0.25, -0.2) is 0 Å². The van der Waals surface area contributed by atoms with Crippen molar-refractivity contribution in [3.05, 3.63) is 35.9 Å². The monoisotopic (exact) mass is 358 g/mol. The van der Waals surface area contributed by atoms with Gasteiger partial charge in [-0.2, -0.15) is 0 Å². The fraction of sp³-hybridized carbons (Fsp3) is 0.571. The van der Waals surface area contributed by atoms with Crippen LogP contribution < -0.4 is 15.4 Å². The molecule has 1 amide bonds. The molecule has 0 spiro atoms. The Kier molecular flexibility index (Phi) is 7.37. The van der Waals surface area contributed by atoms with Gasteiger partial charge in [0.2, 0.25) is 5.91 Å². The summed E-state index contributed by atoms with van der Waals surface area (Å²) in [6, 6.07) is 7.73. The van der Waals surface area contributed by atoms with Gasteiger partial charge in [-0.05, 0) is 57.1 Å². The van der Waals surface area contributed by atoms with Crippen LogP contribution in [0.25, 0.3) is 0 Å². The predicted octanol–water partition coefficient (Wildman–Crippen LogP) is 3.66. The van der Waals surface area contributed by atoms with Crippen molar-refractivity contribution in [3.63, 3.8) is 0 Å². The van der Waals surface area contributed by atoms with Gasteiger partial charge in [-0.3, -0.25) is 4.79 Å². The maximum atomic E-state index is 12.0. The summed E-state index contributed by atoms with van der Waals surface area (Å²) in [5, 5.41) is 6.15. The summed E-state index contributed by atoms with van der Waals surface area (Å²) < 4.78 is 11.4. The largest absolute Gasteiger partial charge is 0.491 e. The summed E-state index contributed by atoms with van der Waals surface area (Å²) in [5.41, 5.74) is 2.38. The van der Waals surface area contributed by atoms with Crippen molar-refractivity contribution in [2.24, 2.45) is 0 Å². The number of amides is 1. The minimum Gasteiger partial charge on any atom is -0.491 e. The lowest BCUT2D eigenvalue weighted by Gasteiger charge is -2.14. The molecule has 26 heavy (non-hydrogen) atoms. The highest BCUT2D eigenvalue weighted by Gasteiger charge is 2.16. The molecule has 0 radical (unpaired) electrons. The van der Waals surface area contributed by atoms with Gasteiger partial charge in [-0.1, -0.05) is 17.7 Å². The number of hydrogen-bond acceptors (Lipinski definition) is 4. The predicted molar refractivity (Wildman–Crippen MR) is 104 cm³/mol. The lowest BCUT2D eigenvalue weighted by atomic mass is 9.97. The van der Waals surface area contributed by atoms with E-state index in [1.54, 1.807) is 0 Å². The van der Waals surface area contributed by atoms with Gasteiger partial charge in [0, 0.05) is 24.9 Å². The van der Waals surface area contributed by atoms with Crippen molar-refractivity contribution < 1.29 is 14.3 Å². The van der Waals surface area contributed by atoms with Crippen molar-refractivity contribution in [2.75, 3.05) is 31.6 Å². The Labute approximate surface area is 156 Å². The van der Waals surface area contributed by atoms with Gasteiger partial charge in [0.15, 0.2) is 0 Å². The molecule has 1 saturated heterocycles. The summed E-state index contributed by atoms with van der Waals surface area (Å²) in [7, 11) is 0. The van der Waals surface area contributed by atoms with Gasteiger partial charge < -0.3 is 20.1 Å². The molecule has 2 N–H and O–H groups in total. The van der Waals surface area contributed by atoms with Crippen LogP contribution >= 0.6 is 0 Å². The van der Waals surface area contributed by atoms with Crippen LogP contribution in [0.1, 0.15) is 44.9 Å². The van der Waals surface area contributed by atoms with Crippen LogP contribution in [0.2, 0.25) is 0 Å². The molecule has 1 aromatic rings. The van der Waals surface area contributed by atoms with E-state index in [0.717, 1.165) is 43.9 Å². The molecular formula is C21H30N2O3. The third-order valence-electron chi connectivity index (χ3n) is 4.90.